The van der Waals surface area contributed by atoms with Crippen molar-refractivity contribution in [3.8, 4) is 17.0 Å². The predicted octanol–water partition coefficient (Wildman–Crippen LogP) is 5.57. The molecule has 0 fully saturated rings. The summed E-state index contributed by atoms with van der Waals surface area (Å²) in [7, 11) is 1.65. The summed E-state index contributed by atoms with van der Waals surface area (Å²) >= 11 is 0. The van der Waals surface area contributed by atoms with Gasteiger partial charge in [-0.3, -0.25) is 9.59 Å². The molecule has 4 rings (SSSR count). The standard InChI is InChI=1S/C30H33N3O4/c1-3-37-19-7-18-31-30(35)22-8-6-9-23(20-22)32-28(34)17-16-26-25-10-4-5-11-27(25)33-29(26)21-12-14-24(36-2)15-13-21/h4-6,8-15,20,33H,3,7,16-19H2,1-2H3,(H,31,35)(H,32,34). The first-order valence-corrected chi connectivity index (χ1v) is 12.6. The molecule has 0 aliphatic carbocycles. The zero-order valence-corrected chi connectivity index (χ0v) is 21.3. The van der Waals surface area contributed by atoms with Gasteiger partial charge in [0.25, 0.3) is 5.91 Å². The zero-order chi connectivity index (χ0) is 26.0. The lowest BCUT2D eigenvalue weighted by atomic mass is 10.0. The Bertz CT molecular complexity index is 1340. The van der Waals surface area contributed by atoms with Crippen LogP contribution < -0.4 is 15.4 Å². The third kappa shape index (κ3) is 6.77. The second-order valence-corrected chi connectivity index (χ2v) is 8.69. The van der Waals surface area contributed by atoms with E-state index in [2.05, 4.69) is 21.7 Å². The van der Waals surface area contributed by atoms with Crippen LogP contribution in [0.1, 0.15) is 35.7 Å². The molecular weight excluding hydrogens is 466 g/mol. The molecule has 7 heteroatoms. The predicted molar refractivity (Wildman–Crippen MR) is 147 cm³/mol. The van der Waals surface area contributed by atoms with Gasteiger partial charge in [0.2, 0.25) is 5.91 Å². The molecule has 192 valence electrons. The van der Waals surface area contributed by atoms with Crippen LogP contribution in [0.15, 0.2) is 72.8 Å². The minimum Gasteiger partial charge on any atom is -0.497 e. The topological polar surface area (TPSA) is 92.5 Å². The third-order valence-corrected chi connectivity index (χ3v) is 6.16. The second kappa shape index (κ2) is 12.7. The fraction of sp³-hybridized carbons (Fsp3) is 0.267. The van der Waals surface area contributed by atoms with Gasteiger partial charge < -0.3 is 25.1 Å². The van der Waals surface area contributed by atoms with Gasteiger partial charge in [-0.1, -0.05) is 24.3 Å². The van der Waals surface area contributed by atoms with E-state index < -0.39 is 0 Å². The Hall–Kier alpha value is -4.10. The van der Waals surface area contributed by atoms with E-state index in [0.717, 1.165) is 39.9 Å². The number of nitrogens with one attached hydrogen (secondary N) is 3. The maximum Gasteiger partial charge on any atom is 0.251 e. The number of aromatic nitrogens is 1. The number of ether oxygens (including phenoxy) is 2. The second-order valence-electron chi connectivity index (χ2n) is 8.69. The van der Waals surface area contributed by atoms with Crippen molar-refractivity contribution in [2.75, 3.05) is 32.2 Å². The highest BCUT2D eigenvalue weighted by molar-refractivity contribution is 5.97. The normalized spacial score (nSPS) is 10.9. The van der Waals surface area contributed by atoms with Crippen LogP contribution in [0, 0.1) is 0 Å². The number of H-pyrrole nitrogens is 1. The van der Waals surface area contributed by atoms with Crippen molar-refractivity contribution in [3.63, 3.8) is 0 Å². The van der Waals surface area contributed by atoms with Gasteiger partial charge in [0.1, 0.15) is 5.75 Å². The van der Waals surface area contributed by atoms with Crippen LogP contribution in [-0.2, 0) is 16.0 Å². The summed E-state index contributed by atoms with van der Waals surface area (Å²) < 4.78 is 10.6. The van der Waals surface area contributed by atoms with Gasteiger partial charge in [-0.25, -0.2) is 0 Å². The summed E-state index contributed by atoms with van der Waals surface area (Å²) in [5, 5.41) is 6.93. The van der Waals surface area contributed by atoms with Gasteiger partial charge in [-0.05, 0) is 79.4 Å². The molecule has 7 nitrogen and oxygen atoms in total. The molecular formula is C30H33N3O4. The van der Waals surface area contributed by atoms with Crippen molar-refractivity contribution >= 4 is 28.4 Å². The summed E-state index contributed by atoms with van der Waals surface area (Å²) in [4.78, 5) is 28.8. The highest BCUT2D eigenvalue weighted by Gasteiger charge is 2.15. The first-order chi connectivity index (χ1) is 18.1. The largest absolute Gasteiger partial charge is 0.497 e. The highest BCUT2D eigenvalue weighted by atomic mass is 16.5. The number of hydrogen-bond donors (Lipinski definition) is 3. The Balaban J connectivity index is 1.41. The third-order valence-electron chi connectivity index (χ3n) is 6.16. The van der Waals surface area contributed by atoms with E-state index in [1.54, 1.807) is 31.4 Å². The molecule has 0 bridgehead atoms. The number of hydrogen-bond acceptors (Lipinski definition) is 4. The molecule has 37 heavy (non-hydrogen) atoms. The van der Waals surface area contributed by atoms with Crippen molar-refractivity contribution in [2.45, 2.75) is 26.2 Å². The van der Waals surface area contributed by atoms with Crippen molar-refractivity contribution in [1.29, 1.82) is 0 Å². The lowest BCUT2D eigenvalue weighted by molar-refractivity contribution is -0.116. The number of rotatable bonds is 12. The number of carbonyl (C=O) groups is 2. The van der Waals surface area contributed by atoms with Gasteiger partial charge in [0.15, 0.2) is 0 Å². The number of carbonyl (C=O) groups excluding carboxylic acids is 2. The highest BCUT2D eigenvalue weighted by Crippen LogP contribution is 2.32. The van der Waals surface area contributed by atoms with Gasteiger partial charge in [0, 0.05) is 54.0 Å². The van der Waals surface area contributed by atoms with Crippen LogP contribution in [0.5, 0.6) is 5.75 Å². The van der Waals surface area contributed by atoms with E-state index in [1.807, 2.05) is 49.4 Å². The van der Waals surface area contributed by atoms with Crippen LogP contribution in [0.3, 0.4) is 0 Å². The van der Waals surface area contributed by atoms with Crippen molar-refractivity contribution < 1.29 is 19.1 Å². The van der Waals surface area contributed by atoms with Gasteiger partial charge in [0.05, 0.1) is 7.11 Å². The first-order valence-electron chi connectivity index (χ1n) is 12.6. The quantitative estimate of drug-likeness (QED) is 0.222. The monoisotopic (exact) mass is 499 g/mol. The molecule has 0 atom stereocenters. The van der Waals surface area contributed by atoms with Gasteiger partial charge in [-0.2, -0.15) is 0 Å². The molecule has 3 N–H and O–H groups in total. The smallest absolute Gasteiger partial charge is 0.251 e. The van der Waals surface area contributed by atoms with Crippen LogP contribution in [-0.4, -0.2) is 43.7 Å². The molecule has 0 aliphatic rings. The molecule has 0 saturated heterocycles. The molecule has 0 radical (unpaired) electrons. The lowest BCUT2D eigenvalue weighted by Crippen LogP contribution is -2.25. The van der Waals surface area contributed by atoms with Crippen molar-refractivity contribution in [1.82, 2.24) is 10.3 Å². The number of fused-ring (bicyclic) bond motifs is 1. The molecule has 0 aliphatic heterocycles. The number of anilines is 1. The average Bonchev–Trinajstić information content (AvgIpc) is 3.30. The number of methoxy groups -OCH3 is 1. The molecule has 0 unspecified atom stereocenters. The molecule has 3 aromatic carbocycles. The average molecular weight is 500 g/mol. The summed E-state index contributed by atoms with van der Waals surface area (Å²) in [6.07, 6.45) is 1.62. The molecule has 1 aromatic heterocycles. The maximum atomic E-state index is 12.9. The number of benzene rings is 3. The summed E-state index contributed by atoms with van der Waals surface area (Å²) in [6, 6.07) is 23.0. The number of aromatic amines is 1. The molecule has 2 amide bonds. The minimum absolute atomic E-state index is 0.111. The Labute approximate surface area is 217 Å². The Morgan fingerprint density at radius 2 is 1.78 bits per heavy atom. The molecule has 1 heterocycles. The molecule has 4 aromatic rings. The first kappa shape index (κ1) is 26.0. The van der Waals surface area contributed by atoms with Crippen LogP contribution in [0.2, 0.25) is 0 Å². The van der Waals surface area contributed by atoms with Gasteiger partial charge in [-0.15, -0.1) is 0 Å². The fourth-order valence-corrected chi connectivity index (χ4v) is 4.29. The Morgan fingerprint density at radius 1 is 0.973 bits per heavy atom. The van der Waals surface area contributed by atoms with E-state index in [4.69, 9.17) is 9.47 Å². The summed E-state index contributed by atoms with van der Waals surface area (Å²) in [5.41, 5.74) is 5.26. The summed E-state index contributed by atoms with van der Waals surface area (Å²) in [5.74, 6) is 0.512. The summed E-state index contributed by atoms with van der Waals surface area (Å²) in [6.45, 7) is 3.76. The van der Waals surface area contributed by atoms with E-state index in [9.17, 15) is 9.59 Å². The van der Waals surface area contributed by atoms with Gasteiger partial charge >= 0.3 is 0 Å². The Kier molecular flexibility index (Phi) is 8.94. The van der Waals surface area contributed by atoms with Crippen LogP contribution in [0.25, 0.3) is 22.2 Å². The number of amides is 2. The maximum absolute atomic E-state index is 12.9. The van der Waals surface area contributed by atoms with Crippen molar-refractivity contribution in [2.24, 2.45) is 0 Å². The number of para-hydroxylation sites is 1. The van der Waals surface area contributed by atoms with E-state index >= 15 is 0 Å². The lowest BCUT2D eigenvalue weighted by Gasteiger charge is -2.10. The van der Waals surface area contributed by atoms with Crippen LogP contribution in [0.4, 0.5) is 5.69 Å². The van der Waals surface area contributed by atoms with E-state index in [0.29, 0.717) is 43.9 Å². The number of aryl methyl sites for hydroxylation is 1. The zero-order valence-electron chi connectivity index (χ0n) is 21.3. The Morgan fingerprint density at radius 3 is 2.57 bits per heavy atom. The molecule has 0 spiro atoms. The van der Waals surface area contributed by atoms with Crippen LogP contribution >= 0.6 is 0 Å². The van der Waals surface area contributed by atoms with E-state index in [1.165, 1.54) is 0 Å². The van der Waals surface area contributed by atoms with Crippen molar-refractivity contribution in [3.05, 3.63) is 83.9 Å². The SMILES string of the molecule is CCOCCCNC(=O)c1cccc(NC(=O)CCc2c(-c3ccc(OC)cc3)[nH]c3ccccc23)c1. The van der Waals surface area contributed by atoms with E-state index in [-0.39, 0.29) is 11.8 Å². The minimum atomic E-state index is -0.171. The molecule has 0 saturated carbocycles. The fourth-order valence-electron chi connectivity index (χ4n) is 4.29.